The quantitative estimate of drug-likeness (QED) is 0.879. The van der Waals surface area contributed by atoms with Crippen LogP contribution in [-0.2, 0) is 0 Å². The third-order valence-electron chi connectivity index (χ3n) is 2.97. The van der Waals surface area contributed by atoms with Crippen LogP contribution in [0, 0.1) is 0 Å². The number of hydrogen-bond acceptors (Lipinski definition) is 4. The van der Waals surface area contributed by atoms with Crippen molar-refractivity contribution in [1.29, 1.82) is 0 Å². The van der Waals surface area contributed by atoms with Gasteiger partial charge in [0, 0.05) is 11.2 Å². The van der Waals surface area contributed by atoms with E-state index >= 15 is 0 Å². The first-order chi connectivity index (χ1) is 7.65. The van der Waals surface area contributed by atoms with Gasteiger partial charge in [-0.2, -0.15) is 0 Å². The maximum atomic E-state index is 4.51. The van der Waals surface area contributed by atoms with Crippen LogP contribution in [0.1, 0.15) is 38.4 Å². The Bertz CT molecular complexity index is 328. The van der Waals surface area contributed by atoms with E-state index in [1.807, 2.05) is 11.8 Å². The van der Waals surface area contributed by atoms with Gasteiger partial charge in [0.05, 0.1) is 0 Å². The van der Waals surface area contributed by atoms with Gasteiger partial charge in [0.1, 0.15) is 5.82 Å². The van der Waals surface area contributed by atoms with Crippen molar-refractivity contribution >= 4 is 11.8 Å². The van der Waals surface area contributed by atoms with Gasteiger partial charge in [-0.3, -0.25) is 5.10 Å². The highest BCUT2D eigenvalue weighted by molar-refractivity contribution is 7.99. The number of H-pyrrole nitrogens is 1. The second kappa shape index (κ2) is 5.19. The summed E-state index contributed by atoms with van der Waals surface area (Å²) in [5.41, 5.74) is 0. The lowest BCUT2D eigenvalue weighted by molar-refractivity contribution is 0.282. The predicted octanol–water partition coefficient (Wildman–Crippen LogP) is 2.11. The van der Waals surface area contributed by atoms with Crippen LogP contribution >= 0.6 is 11.8 Å². The number of aromatic nitrogens is 3. The summed E-state index contributed by atoms with van der Waals surface area (Å²) in [5, 5.41) is 8.88. The van der Waals surface area contributed by atoms with Gasteiger partial charge < -0.3 is 4.90 Å². The van der Waals surface area contributed by atoms with E-state index in [9.17, 15) is 0 Å². The summed E-state index contributed by atoms with van der Waals surface area (Å²) in [6.45, 7) is 6.65. The van der Waals surface area contributed by atoms with E-state index in [-0.39, 0.29) is 0 Å². The maximum absolute atomic E-state index is 4.51. The Morgan fingerprint density at radius 1 is 1.38 bits per heavy atom. The predicted molar refractivity (Wildman–Crippen MR) is 66.8 cm³/mol. The van der Waals surface area contributed by atoms with Gasteiger partial charge in [-0.1, -0.05) is 25.6 Å². The summed E-state index contributed by atoms with van der Waals surface area (Å²) < 4.78 is 0. The number of aromatic amines is 1. The number of nitrogens with one attached hydrogen (secondary N) is 1. The normalized spacial score (nSPS) is 19.5. The molecule has 1 saturated heterocycles. The molecule has 0 atom stereocenters. The Morgan fingerprint density at radius 3 is 2.62 bits per heavy atom. The van der Waals surface area contributed by atoms with Crippen LogP contribution in [0.15, 0.2) is 5.16 Å². The minimum Gasteiger partial charge on any atom is -0.306 e. The van der Waals surface area contributed by atoms with Crippen LogP contribution in [0.2, 0.25) is 0 Å². The van der Waals surface area contributed by atoms with E-state index in [0.29, 0.717) is 11.2 Å². The summed E-state index contributed by atoms with van der Waals surface area (Å²) in [6, 6.07) is 0. The molecule has 1 aliphatic heterocycles. The van der Waals surface area contributed by atoms with E-state index in [1.54, 1.807) is 0 Å². The Hall–Kier alpha value is -0.550. The van der Waals surface area contributed by atoms with Crippen molar-refractivity contribution in [1.82, 2.24) is 20.1 Å². The van der Waals surface area contributed by atoms with E-state index < -0.39 is 0 Å². The summed E-state index contributed by atoms with van der Waals surface area (Å²) in [7, 11) is 2.19. The van der Waals surface area contributed by atoms with E-state index in [4.69, 9.17) is 0 Å². The zero-order valence-corrected chi connectivity index (χ0v) is 11.0. The minimum absolute atomic E-state index is 0.430. The number of nitrogens with zero attached hydrogens (tertiary/aromatic N) is 3. The number of hydrogen-bond donors (Lipinski definition) is 1. The van der Waals surface area contributed by atoms with Crippen molar-refractivity contribution in [3.05, 3.63) is 5.82 Å². The summed E-state index contributed by atoms with van der Waals surface area (Å²) in [5.74, 6) is 1.43. The number of likely N-dealkylation sites (tertiary alicyclic amines) is 1. The SMILES string of the molecule is CC(C)c1nc(SC2CCN(C)CC2)n[nH]1. The molecule has 0 bridgehead atoms. The first kappa shape index (κ1) is 11.9. The van der Waals surface area contributed by atoms with Crippen LogP contribution in [0.3, 0.4) is 0 Å². The average Bonchev–Trinajstić information content (AvgIpc) is 2.70. The minimum atomic E-state index is 0.430. The molecule has 1 fully saturated rings. The van der Waals surface area contributed by atoms with Gasteiger partial charge in [0.2, 0.25) is 5.16 Å². The molecule has 0 aromatic carbocycles. The van der Waals surface area contributed by atoms with Crippen molar-refractivity contribution in [3.8, 4) is 0 Å². The molecule has 4 nitrogen and oxygen atoms in total. The third kappa shape index (κ3) is 2.98. The lowest BCUT2D eigenvalue weighted by atomic mass is 10.1. The third-order valence-corrected chi connectivity index (χ3v) is 4.16. The maximum Gasteiger partial charge on any atom is 0.208 e. The second-order valence-corrected chi connectivity index (χ2v) is 6.05. The Kier molecular flexibility index (Phi) is 3.86. The summed E-state index contributed by atoms with van der Waals surface area (Å²) in [6.07, 6.45) is 2.49. The molecule has 0 unspecified atom stereocenters. The fourth-order valence-corrected chi connectivity index (χ4v) is 2.81. The molecule has 0 spiro atoms. The van der Waals surface area contributed by atoms with Crippen molar-refractivity contribution in [2.24, 2.45) is 0 Å². The van der Waals surface area contributed by atoms with Crippen LogP contribution in [0.5, 0.6) is 0 Å². The van der Waals surface area contributed by atoms with Gasteiger partial charge in [-0.15, -0.1) is 5.10 Å². The fraction of sp³-hybridized carbons (Fsp3) is 0.818. The molecule has 2 heterocycles. The topological polar surface area (TPSA) is 44.8 Å². The monoisotopic (exact) mass is 240 g/mol. The highest BCUT2D eigenvalue weighted by Gasteiger charge is 2.19. The van der Waals surface area contributed by atoms with E-state index in [2.05, 4.69) is 41.0 Å². The molecule has 0 radical (unpaired) electrons. The molecule has 0 saturated carbocycles. The molecule has 2 rings (SSSR count). The Morgan fingerprint density at radius 2 is 2.06 bits per heavy atom. The lowest BCUT2D eigenvalue weighted by Gasteiger charge is -2.27. The van der Waals surface area contributed by atoms with E-state index in [1.165, 1.54) is 25.9 Å². The zero-order valence-electron chi connectivity index (χ0n) is 10.2. The van der Waals surface area contributed by atoms with Crippen molar-refractivity contribution in [3.63, 3.8) is 0 Å². The first-order valence-corrected chi connectivity index (χ1v) is 6.80. The van der Waals surface area contributed by atoms with Crippen LogP contribution < -0.4 is 0 Å². The molecule has 1 N–H and O–H groups in total. The van der Waals surface area contributed by atoms with Gasteiger partial charge >= 0.3 is 0 Å². The molecule has 0 amide bonds. The molecule has 5 heteroatoms. The molecule has 1 aromatic rings. The lowest BCUT2D eigenvalue weighted by Crippen LogP contribution is -2.31. The van der Waals surface area contributed by atoms with Crippen LogP contribution in [-0.4, -0.2) is 45.5 Å². The van der Waals surface area contributed by atoms with Crippen LogP contribution in [0.4, 0.5) is 0 Å². The number of piperidine rings is 1. The highest BCUT2D eigenvalue weighted by Crippen LogP contribution is 2.28. The summed E-state index contributed by atoms with van der Waals surface area (Å²) >= 11 is 1.82. The second-order valence-electron chi connectivity index (χ2n) is 4.78. The Balaban J connectivity index is 1.88. The first-order valence-electron chi connectivity index (χ1n) is 5.92. The van der Waals surface area contributed by atoms with Crippen molar-refractivity contribution in [2.75, 3.05) is 20.1 Å². The standard InChI is InChI=1S/C11H20N4S/c1-8(2)10-12-11(14-13-10)16-9-4-6-15(3)7-5-9/h8-9H,4-7H2,1-3H3,(H,12,13,14). The number of rotatable bonds is 3. The molecule has 0 aliphatic carbocycles. The Labute approximate surface area is 101 Å². The van der Waals surface area contributed by atoms with Gasteiger partial charge in [-0.05, 0) is 33.0 Å². The van der Waals surface area contributed by atoms with Gasteiger partial charge in [0.25, 0.3) is 0 Å². The average molecular weight is 240 g/mol. The van der Waals surface area contributed by atoms with Gasteiger partial charge in [-0.25, -0.2) is 4.98 Å². The molecule has 90 valence electrons. The molecular weight excluding hydrogens is 220 g/mol. The summed E-state index contributed by atoms with van der Waals surface area (Å²) in [4.78, 5) is 6.89. The zero-order chi connectivity index (χ0) is 11.5. The molecule has 1 aliphatic rings. The van der Waals surface area contributed by atoms with Gasteiger partial charge in [0.15, 0.2) is 0 Å². The highest BCUT2D eigenvalue weighted by atomic mass is 32.2. The van der Waals surface area contributed by atoms with E-state index in [0.717, 1.165) is 11.0 Å². The number of thioether (sulfide) groups is 1. The van der Waals surface area contributed by atoms with Crippen molar-refractivity contribution in [2.45, 2.75) is 43.0 Å². The smallest absolute Gasteiger partial charge is 0.208 e. The van der Waals surface area contributed by atoms with Crippen molar-refractivity contribution < 1.29 is 0 Å². The largest absolute Gasteiger partial charge is 0.306 e. The van der Waals surface area contributed by atoms with Crippen LogP contribution in [0.25, 0.3) is 0 Å². The molecule has 16 heavy (non-hydrogen) atoms. The molecular formula is C11H20N4S. The molecule has 1 aromatic heterocycles. The fourth-order valence-electron chi connectivity index (χ4n) is 1.82.